The number of aryl methyl sites for hydroxylation is 2. The first-order valence-corrected chi connectivity index (χ1v) is 8.05. The molecule has 0 saturated carbocycles. The summed E-state index contributed by atoms with van der Waals surface area (Å²) in [5, 5.41) is 0. The van der Waals surface area contributed by atoms with Crippen molar-refractivity contribution in [1.82, 2.24) is 14.9 Å². The molecule has 3 rings (SSSR count). The molecule has 23 heavy (non-hydrogen) atoms. The highest BCUT2D eigenvalue weighted by Gasteiger charge is 2.25. The van der Waals surface area contributed by atoms with Gasteiger partial charge in [-0.05, 0) is 18.9 Å². The first-order valence-electron chi connectivity index (χ1n) is 8.05. The number of carbonyl (C=O) groups excluding carboxylic acids is 1. The van der Waals surface area contributed by atoms with Crippen LogP contribution in [0.3, 0.4) is 0 Å². The third-order valence-electron chi connectivity index (χ3n) is 4.17. The van der Waals surface area contributed by atoms with Crippen molar-refractivity contribution < 1.29 is 4.79 Å². The zero-order valence-corrected chi connectivity index (χ0v) is 13.7. The summed E-state index contributed by atoms with van der Waals surface area (Å²) in [5.41, 5.74) is 3.41. The molecule has 5 heteroatoms. The smallest absolute Gasteiger partial charge is 0.242 e. The van der Waals surface area contributed by atoms with E-state index in [2.05, 4.69) is 42.0 Å². The molecule has 5 nitrogen and oxygen atoms in total. The van der Waals surface area contributed by atoms with Gasteiger partial charge in [0.1, 0.15) is 12.1 Å². The molecule has 0 atom stereocenters. The Kier molecular flexibility index (Phi) is 4.55. The number of amides is 1. The van der Waals surface area contributed by atoms with Crippen molar-refractivity contribution in [3.05, 3.63) is 53.5 Å². The van der Waals surface area contributed by atoms with Crippen molar-refractivity contribution in [2.75, 3.05) is 24.5 Å². The molecule has 1 amide bonds. The minimum atomic E-state index is 0.148. The highest BCUT2D eigenvalue weighted by atomic mass is 16.2. The number of aromatic nitrogens is 2. The highest BCUT2D eigenvalue weighted by Crippen LogP contribution is 2.16. The van der Waals surface area contributed by atoms with Gasteiger partial charge >= 0.3 is 0 Å². The van der Waals surface area contributed by atoms with Crippen molar-refractivity contribution in [3.8, 4) is 0 Å². The molecule has 0 bridgehead atoms. The molecular weight excluding hydrogens is 288 g/mol. The number of carbonyl (C=O) groups is 1. The Labute approximate surface area is 137 Å². The van der Waals surface area contributed by atoms with Crippen LogP contribution in [0.4, 0.5) is 5.82 Å². The Morgan fingerprint density at radius 1 is 1.17 bits per heavy atom. The summed E-state index contributed by atoms with van der Waals surface area (Å²) in [7, 11) is 0. The van der Waals surface area contributed by atoms with Gasteiger partial charge in [0.05, 0.1) is 6.54 Å². The van der Waals surface area contributed by atoms with Gasteiger partial charge in [-0.25, -0.2) is 9.97 Å². The second-order valence-corrected chi connectivity index (χ2v) is 5.95. The summed E-state index contributed by atoms with van der Waals surface area (Å²) >= 11 is 0. The summed E-state index contributed by atoms with van der Waals surface area (Å²) in [6.07, 6.45) is 2.45. The zero-order valence-electron chi connectivity index (χ0n) is 13.7. The second-order valence-electron chi connectivity index (χ2n) is 5.95. The summed E-state index contributed by atoms with van der Waals surface area (Å²) in [4.78, 5) is 25.0. The zero-order chi connectivity index (χ0) is 16.2. The number of benzene rings is 1. The van der Waals surface area contributed by atoms with Crippen LogP contribution in [0.1, 0.15) is 23.7 Å². The predicted molar refractivity (Wildman–Crippen MR) is 90.2 cm³/mol. The summed E-state index contributed by atoms with van der Waals surface area (Å²) in [6, 6.07) is 10.3. The lowest BCUT2D eigenvalue weighted by molar-refractivity contribution is -0.131. The van der Waals surface area contributed by atoms with Gasteiger partial charge in [-0.1, -0.05) is 36.8 Å². The van der Waals surface area contributed by atoms with Crippen molar-refractivity contribution in [2.45, 2.75) is 26.8 Å². The van der Waals surface area contributed by atoms with Crippen molar-refractivity contribution in [1.29, 1.82) is 0 Å². The van der Waals surface area contributed by atoms with Gasteiger partial charge in [0.2, 0.25) is 5.91 Å². The molecule has 1 saturated heterocycles. The van der Waals surface area contributed by atoms with E-state index in [4.69, 9.17) is 0 Å². The van der Waals surface area contributed by atoms with Crippen LogP contribution < -0.4 is 4.90 Å². The molecular formula is C18H22N4O. The van der Waals surface area contributed by atoms with E-state index in [1.807, 2.05) is 21.9 Å². The van der Waals surface area contributed by atoms with E-state index in [9.17, 15) is 4.79 Å². The van der Waals surface area contributed by atoms with Crippen LogP contribution in [0.2, 0.25) is 0 Å². The number of piperazine rings is 1. The molecule has 1 fully saturated rings. The Morgan fingerprint density at radius 3 is 2.78 bits per heavy atom. The minimum absolute atomic E-state index is 0.148. The molecule has 2 aromatic rings. The molecule has 1 aromatic carbocycles. The molecule has 0 radical (unpaired) electrons. The van der Waals surface area contributed by atoms with E-state index in [1.54, 1.807) is 6.33 Å². The van der Waals surface area contributed by atoms with Gasteiger partial charge in [0.25, 0.3) is 0 Å². The first kappa shape index (κ1) is 15.5. The maximum Gasteiger partial charge on any atom is 0.242 e. The van der Waals surface area contributed by atoms with Crippen molar-refractivity contribution in [2.24, 2.45) is 0 Å². The average molecular weight is 310 g/mol. The molecule has 0 aliphatic carbocycles. The van der Waals surface area contributed by atoms with Crippen LogP contribution in [0, 0.1) is 6.92 Å². The molecule has 0 spiro atoms. The summed E-state index contributed by atoms with van der Waals surface area (Å²) < 4.78 is 0. The third kappa shape index (κ3) is 3.67. The second kappa shape index (κ2) is 6.77. The number of rotatable bonds is 4. The van der Waals surface area contributed by atoms with Gasteiger partial charge in [0.15, 0.2) is 0 Å². The van der Waals surface area contributed by atoms with E-state index >= 15 is 0 Å². The van der Waals surface area contributed by atoms with Gasteiger partial charge in [-0.2, -0.15) is 0 Å². The van der Waals surface area contributed by atoms with Crippen LogP contribution in [-0.4, -0.2) is 40.4 Å². The fourth-order valence-electron chi connectivity index (χ4n) is 2.85. The minimum Gasteiger partial charge on any atom is -0.345 e. The SMILES string of the molecule is CCc1cc(N2CCN(Cc3cccc(C)c3)C(=O)C2)ncn1. The van der Waals surface area contributed by atoms with Crippen LogP contribution in [-0.2, 0) is 17.8 Å². The van der Waals surface area contributed by atoms with Crippen LogP contribution in [0.5, 0.6) is 0 Å². The van der Waals surface area contributed by atoms with Gasteiger partial charge in [0, 0.05) is 31.4 Å². The maximum absolute atomic E-state index is 12.5. The van der Waals surface area contributed by atoms with Crippen LogP contribution >= 0.6 is 0 Å². The molecule has 1 aliphatic heterocycles. The highest BCUT2D eigenvalue weighted by molar-refractivity contribution is 5.82. The molecule has 0 unspecified atom stereocenters. The Morgan fingerprint density at radius 2 is 2.04 bits per heavy atom. The summed E-state index contributed by atoms with van der Waals surface area (Å²) in [5.74, 6) is 0.995. The van der Waals surface area contributed by atoms with Gasteiger partial charge in [-0.15, -0.1) is 0 Å². The quantitative estimate of drug-likeness (QED) is 0.868. The Hall–Kier alpha value is -2.43. The number of nitrogens with zero attached hydrogens (tertiary/aromatic N) is 4. The average Bonchev–Trinajstić information content (AvgIpc) is 2.57. The molecule has 1 aliphatic rings. The Balaban J connectivity index is 1.66. The van der Waals surface area contributed by atoms with E-state index in [0.717, 1.165) is 31.0 Å². The summed E-state index contributed by atoms with van der Waals surface area (Å²) in [6.45, 7) is 6.72. The van der Waals surface area contributed by atoms with E-state index in [-0.39, 0.29) is 5.91 Å². The molecule has 2 heterocycles. The van der Waals surface area contributed by atoms with E-state index in [0.29, 0.717) is 13.1 Å². The lowest BCUT2D eigenvalue weighted by Crippen LogP contribution is -2.50. The predicted octanol–water partition coefficient (Wildman–Crippen LogP) is 2.20. The monoisotopic (exact) mass is 310 g/mol. The normalized spacial score (nSPS) is 15.1. The van der Waals surface area contributed by atoms with Crippen molar-refractivity contribution in [3.63, 3.8) is 0 Å². The van der Waals surface area contributed by atoms with Crippen molar-refractivity contribution >= 4 is 11.7 Å². The van der Waals surface area contributed by atoms with E-state index < -0.39 is 0 Å². The Bertz CT molecular complexity index is 701. The fraction of sp³-hybridized carbons (Fsp3) is 0.389. The fourth-order valence-corrected chi connectivity index (χ4v) is 2.85. The number of hydrogen-bond acceptors (Lipinski definition) is 4. The number of anilines is 1. The van der Waals surface area contributed by atoms with Crippen LogP contribution in [0.15, 0.2) is 36.7 Å². The maximum atomic E-state index is 12.5. The lowest BCUT2D eigenvalue weighted by Gasteiger charge is -2.35. The van der Waals surface area contributed by atoms with Gasteiger partial charge < -0.3 is 9.80 Å². The standard InChI is InChI=1S/C18H22N4O/c1-3-16-10-17(20-13-19-16)21-7-8-22(18(23)12-21)11-15-6-4-5-14(2)9-15/h4-6,9-10,13H,3,7-8,11-12H2,1-2H3. The topological polar surface area (TPSA) is 49.3 Å². The van der Waals surface area contributed by atoms with Crippen LogP contribution in [0.25, 0.3) is 0 Å². The number of hydrogen-bond donors (Lipinski definition) is 0. The first-order chi connectivity index (χ1) is 11.2. The molecule has 0 N–H and O–H groups in total. The van der Waals surface area contributed by atoms with E-state index in [1.165, 1.54) is 11.1 Å². The third-order valence-corrected chi connectivity index (χ3v) is 4.17. The van der Waals surface area contributed by atoms with Gasteiger partial charge in [-0.3, -0.25) is 4.79 Å². The largest absolute Gasteiger partial charge is 0.345 e. The molecule has 1 aromatic heterocycles. The molecule has 120 valence electrons. The lowest BCUT2D eigenvalue weighted by atomic mass is 10.1.